The Morgan fingerprint density at radius 3 is 2.26 bits per heavy atom. The summed E-state index contributed by atoms with van der Waals surface area (Å²) < 4.78 is 10.3. The minimum absolute atomic E-state index is 0.0838. The number of carbonyl (C=O) groups is 2. The number of rotatable bonds is 4. The van der Waals surface area contributed by atoms with E-state index in [4.69, 9.17) is 9.47 Å². The second kappa shape index (κ2) is 6.12. The average Bonchev–Trinajstić information content (AvgIpc) is 2.94. The van der Waals surface area contributed by atoms with Gasteiger partial charge in [0.25, 0.3) is 5.91 Å². The van der Waals surface area contributed by atoms with E-state index in [9.17, 15) is 9.59 Å². The molecule has 1 heterocycles. The molecule has 5 heteroatoms. The van der Waals surface area contributed by atoms with Gasteiger partial charge in [-0.25, -0.2) is 4.79 Å². The van der Waals surface area contributed by atoms with Crippen molar-refractivity contribution >= 4 is 12.1 Å². The highest BCUT2D eigenvalue weighted by Crippen LogP contribution is 2.34. The van der Waals surface area contributed by atoms with E-state index < -0.39 is 17.8 Å². The third kappa shape index (κ3) is 3.18. The molecule has 0 spiro atoms. The Kier molecular flexibility index (Phi) is 4.02. The summed E-state index contributed by atoms with van der Waals surface area (Å²) in [5.41, 5.74) is 0.433. The van der Waals surface area contributed by atoms with Gasteiger partial charge in [-0.05, 0) is 24.6 Å². The molecule has 1 aliphatic rings. The van der Waals surface area contributed by atoms with Crippen LogP contribution in [0, 0.1) is 0 Å². The summed E-state index contributed by atoms with van der Waals surface area (Å²) in [4.78, 5) is 23.9. The number of cyclic esters (lactones) is 2. The highest BCUT2D eigenvalue weighted by Gasteiger charge is 2.46. The molecule has 0 saturated carbocycles. The molecule has 5 nitrogen and oxygen atoms in total. The first kappa shape index (κ1) is 15.1. The van der Waals surface area contributed by atoms with Crippen LogP contribution in [0.25, 0.3) is 0 Å². The van der Waals surface area contributed by atoms with Crippen LogP contribution >= 0.6 is 0 Å². The first-order valence-corrected chi connectivity index (χ1v) is 7.35. The maximum Gasteiger partial charge on any atom is 0.509 e. The van der Waals surface area contributed by atoms with Gasteiger partial charge in [-0.2, -0.15) is 0 Å². The molecule has 2 atom stereocenters. The van der Waals surface area contributed by atoms with Crippen LogP contribution < -0.4 is 5.32 Å². The second-order valence-corrected chi connectivity index (χ2v) is 5.64. The smallest absolute Gasteiger partial charge is 0.430 e. The Morgan fingerprint density at radius 1 is 1.09 bits per heavy atom. The molecule has 0 aromatic heterocycles. The monoisotopic (exact) mass is 311 g/mol. The standard InChI is InChI=1S/C18H17NO4/c1-18(12-22-17(21)23-18)15(13-8-4-2-5-9-13)19-16(20)14-10-6-3-7-11-14/h2-11,15H,12H2,1H3,(H,19,20)/t15-,18-/m0/s1. The Balaban J connectivity index is 1.90. The van der Waals surface area contributed by atoms with Gasteiger partial charge in [0, 0.05) is 5.56 Å². The predicted molar refractivity (Wildman–Crippen MR) is 83.9 cm³/mol. The molecule has 0 radical (unpaired) electrons. The van der Waals surface area contributed by atoms with Crippen molar-refractivity contribution in [1.82, 2.24) is 5.32 Å². The normalized spacial score (nSPS) is 21.2. The van der Waals surface area contributed by atoms with Gasteiger partial charge in [0.1, 0.15) is 6.61 Å². The van der Waals surface area contributed by atoms with Crippen molar-refractivity contribution in [2.24, 2.45) is 0 Å². The van der Waals surface area contributed by atoms with Crippen molar-refractivity contribution < 1.29 is 19.1 Å². The lowest BCUT2D eigenvalue weighted by atomic mass is 9.90. The first-order chi connectivity index (χ1) is 11.1. The zero-order valence-electron chi connectivity index (χ0n) is 12.7. The van der Waals surface area contributed by atoms with Crippen LogP contribution in [0.4, 0.5) is 4.79 Å². The van der Waals surface area contributed by atoms with E-state index in [0.29, 0.717) is 5.56 Å². The van der Waals surface area contributed by atoms with Gasteiger partial charge in [-0.15, -0.1) is 0 Å². The number of benzene rings is 2. The molecule has 1 amide bonds. The molecule has 2 aromatic carbocycles. The third-order valence-corrected chi connectivity index (χ3v) is 3.85. The average molecular weight is 311 g/mol. The Bertz CT molecular complexity index is 701. The molecule has 0 unspecified atom stereocenters. The van der Waals surface area contributed by atoms with E-state index in [1.807, 2.05) is 36.4 Å². The molecule has 3 rings (SSSR count). The molecular weight excluding hydrogens is 294 g/mol. The van der Waals surface area contributed by atoms with Gasteiger partial charge in [-0.3, -0.25) is 4.79 Å². The minimum Gasteiger partial charge on any atom is -0.430 e. The van der Waals surface area contributed by atoms with Gasteiger partial charge < -0.3 is 14.8 Å². The van der Waals surface area contributed by atoms with Crippen LogP contribution in [-0.4, -0.2) is 24.3 Å². The number of amides is 1. The fourth-order valence-corrected chi connectivity index (χ4v) is 2.63. The van der Waals surface area contributed by atoms with E-state index in [2.05, 4.69) is 5.32 Å². The molecular formula is C18H17NO4. The summed E-state index contributed by atoms with van der Waals surface area (Å²) in [6.07, 6.45) is -0.720. The fourth-order valence-electron chi connectivity index (χ4n) is 2.63. The highest BCUT2D eigenvalue weighted by atomic mass is 16.8. The van der Waals surface area contributed by atoms with Crippen molar-refractivity contribution in [1.29, 1.82) is 0 Å². The van der Waals surface area contributed by atoms with E-state index in [1.165, 1.54) is 0 Å². The van der Waals surface area contributed by atoms with E-state index in [0.717, 1.165) is 5.56 Å². The molecule has 1 fully saturated rings. The molecule has 0 bridgehead atoms. The van der Waals surface area contributed by atoms with Crippen molar-refractivity contribution in [2.75, 3.05) is 6.61 Å². The minimum atomic E-state index is -0.955. The quantitative estimate of drug-likeness (QED) is 0.881. The van der Waals surface area contributed by atoms with Gasteiger partial charge in [0.2, 0.25) is 0 Å². The summed E-state index contributed by atoms with van der Waals surface area (Å²) >= 11 is 0. The molecule has 1 saturated heterocycles. The number of carbonyl (C=O) groups excluding carboxylic acids is 2. The summed E-state index contributed by atoms with van der Waals surface area (Å²) in [5, 5.41) is 2.96. The van der Waals surface area contributed by atoms with Crippen molar-refractivity contribution in [2.45, 2.75) is 18.6 Å². The zero-order chi connectivity index (χ0) is 16.3. The second-order valence-electron chi connectivity index (χ2n) is 5.64. The maximum atomic E-state index is 12.5. The summed E-state index contributed by atoms with van der Waals surface area (Å²) in [7, 11) is 0. The number of nitrogens with one attached hydrogen (secondary N) is 1. The number of hydrogen-bond donors (Lipinski definition) is 1. The van der Waals surface area contributed by atoms with Gasteiger partial charge in [-0.1, -0.05) is 48.5 Å². The lowest BCUT2D eigenvalue weighted by Gasteiger charge is -2.31. The third-order valence-electron chi connectivity index (χ3n) is 3.85. The fraction of sp³-hybridized carbons (Fsp3) is 0.222. The van der Waals surface area contributed by atoms with Crippen LogP contribution in [0.5, 0.6) is 0 Å². The molecule has 118 valence electrons. The summed E-state index contributed by atoms with van der Waals surface area (Å²) in [5.74, 6) is -0.233. The topological polar surface area (TPSA) is 64.6 Å². The summed E-state index contributed by atoms with van der Waals surface area (Å²) in [6.45, 7) is 1.83. The largest absolute Gasteiger partial charge is 0.509 e. The van der Waals surface area contributed by atoms with Crippen LogP contribution in [0.1, 0.15) is 28.9 Å². The van der Waals surface area contributed by atoms with Crippen LogP contribution in [0.15, 0.2) is 60.7 Å². The van der Waals surface area contributed by atoms with Crippen molar-refractivity contribution in [3.05, 3.63) is 71.8 Å². The Hall–Kier alpha value is -2.82. The number of hydrogen-bond acceptors (Lipinski definition) is 4. The Morgan fingerprint density at radius 2 is 1.70 bits per heavy atom. The van der Waals surface area contributed by atoms with E-state index in [-0.39, 0.29) is 12.5 Å². The van der Waals surface area contributed by atoms with Crippen molar-refractivity contribution in [3.63, 3.8) is 0 Å². The number of ether oxygens (including phenoxy) is 2. The van der Waals surface area contributed by atoms with Crippen LogP contribution in [0.2, 0.25) is 0 Å². The van der Waals surface area contributed by atoms with Gasteiger partial charge in [0.15, 0.2) is 5.60 Å². The van der Waals surface area contributed by atoms with Gasteiger partial charge >= 0.3 is 6.16 Å². The van der Waals surface area contributed by atoms with E-state index in [1.54, 1.807) is 31.2 Å². The maximum absolute atomic E-state index is 12.5. The molecule has 0 aliphatic carbocycles. The van der Waals surface area contributed by atoms with Crippen LogP contribution in [-0.2, 0) is 9.47 Å². The SMILES string of the molecule is C[C@@]1([C@@H](NC(=O)c2ccccc2)c2ccccc2)COC(=O)O1. The van der Waals surface area contributed by atoms with E-state index >= 15 is 0 Å². The molecule has 23 heavy (non-hydrogen) atoms. The molecule has 1 N–H and O–H groups in total. The first-order valence-electron chi connectivity index (χ1n) is 7.35. The van der Waals surface area contributed by atoms with Crippen LogP contribution in [0.3, 0.4) is 0 Å². The van der Waals surface area contributed by atoms with Gasteiger partial charge in [0.05, 0.1) is 6.04 Å². The lowest BCUT2D eigenvalue weighted by Crippen LogP contribution is -2.46. The lowest BCUT2D eigenvalue weighted by molar-refractivity contribution is 0.0357. The molecule has 2 aromatic rings. The predicted octanol–water partition coefficient (Wildman–Crippen LogP) is 3.08. The zero-order valence-corrected chi connectivity index (χ0v) is 12.7. The molecule has 1 aliphatic heterocycles. The summed E-state index contributed by atoms with van der Waals surface area (Å²) in [6, 6.07) is 17.8. The van der Waals surface area contributed by atoms with Crippen molar-refractivity contribution in [3.8, 4) is 0 Å². The highest BCUT2D eigenvalue weighted by molar-refractivity contribution is 5.94. The Labute approximate surface area is 134 Å².